The number of carbonyl (C=O) groups excluding carboxylic acids is 1. The van der Waals surface area contributed by atoms with Crippen molar-refractivity contribution in [1.82, 2.24) is 9.97 Å². The molecule has 1 aromatic heterocycles. The number of esters is 1. The lowest BCUT2D eigenvalue weighted by Crippen LogP contribution is -2.10. The Labute approximate surface area is 161 Å². The summed E-state index contributed by atoms with van der Waals surface area (Å²) >= 11 is 0. The lowest BCUT2D eigenvalue weighted by Gasteiger charge is -2.14. The van der Waals surface area contributed by atoms with Crippen LogP contribution in [0, 0.1) is 0 Å². The largest absolute Gasteiger partial charge is 0.460 e. The van der Waals surface area contributed by atoms with Gasteiger partial charge in [-0.1, -0.05) is 12.1 Å². The van der Waals surface area contributed by atoms with Crippen LogP contribution >= 0.6 is 0 Å². The summed E-state index contributed by atoms with van der Waals surface area (Å²) in [6.45, 7) is -0.503. The fraction of sp³-hybridized carbons (Fsp3) is 0.158. The van der Waals surface area contributed by atoms with Gasteiger partial charge in [0.25, 0.3) is 0 Å². The van der Waals surface area contributed by atoms with E-state index in [-0.39, 0.29) is 29.4 Å². The van der Waals surface area contributed by atoms with Crippen molar-refractivity contribution >= 4 is 15.8 Å². The minimum Gasteiger partial charge on any atom is -0.460 e. The number of benzene rings is 2. The minimum atomic E-state index is -3.70. The molecule has 9 heteroatoms. The second-order valence-corrected chi connectivity index (χ2v) is 7.81. The van der Waals surface area contributed by atoms with Crippen LogP contribution in [0.2, 0.25) is 0 Å². The highest BCUT2D eigenvalue weighted by Crippen LogP contribution is 2.35. The maximum atomic E-state index is 12.3. The van der Waals surface area contributed by atoms with Crippen molar-refractivity contribution in [2.45, 2.75) is 4.90 Å². The molecular formula is C19H18N2O6S. The van der Waals surface area contributed by atoms with Crippen molar-refractivity contribution in [3.05, 3.63) is 60.4 Å². The van der Waals surface area contributed by atoms with Gasteiger partial charge in [0.15, 0.2) is 9.84 Å². The molecule has 2 N–H and O–H groups in total. The molecule has 0 saturated heterocycles. The van der Waals surface area contributed by atoms with Gasteiger partial charge in [-0.05, 0) is 30.3 Å². The van der Waals surface area contributed by atoms with Crippen molar-refractivity contribution in [2.24, 2.45) is 0 Å². The van der Waals surface area contributed by atoms with Gasteiger partial charge in [-0.2, -0.15) is 0 Å². The van der Waals surface area contributed by atoms with Crippen LogP contribution in [0.15, 0.2) is 59.8 Å². The van der Waals surface area contributed by atoms with Crippen molar-refractivity contribution in [1.29, 1.82) is 0 Å². The first-order chi connectivity index (χ1) is 13.4. The van der Waals surface area contributed by atoms with Crippen LogP contribution in [0.25, 0.3) is 11.4 Å². The topological polar surface area (TPSA) is 119 Å². The average Bonchev–Trinajstić information content (AvgIpc) is 3.20. The van der Waals surface area contributed by atoms with Gasteiger partial charge in [-0.15, -0.1) is 0 Å². The molecule has 0 aliphatic carbocycles. The van der Waals surface area contributed by atoms with Gasteiger partial charge in [0.1, 0.15) is 28.8 Å². The molecule has 0 saturated carbocycles. The van der Waals surface area contributed by atoms with E-state index in [9.17, 15) is 13.2 Å². The molecule has 2 aromatic carbocycles. The monoisotopic (exact) mass is 402 g/mol. The molecule has 0 radical (unpaired) electrons. The molecule has 3 rings (SSSR count). The third-order valence-corrected chi connectivity index (χ3v) is 4.88. The number of hydrogen-bond donors (Lipinski definition) is 2. The normalized spacial score (nSPS) is 11.2. The minimum absolute atomic E-state index is 0.0422. The molecule has 0 aliphatic rings. The fourth-order valence-electron chi connectivity index (χ4n) is 2.51. The molecule has 0 unspecified atom stereocenters. The zero-order chi connectivity index (χ0) is 20.1. The second kappa shape index (κ2) is 8.24. The van der Waals surface area contributed by atoms with Crippen molar-refractivity contribution in [3.8, 4) is 22.9 Å². The number of para-hydroxylation sites is 1. The molecule has 0 amide bonds. The van der Waals surface area contributed by atoms with E-state index in [1.54, 1.807) is 30.6 Å². The van der Waals surface area contributed by atoms with Crippen LogP contribution in [0.5, 0.6) is 11.5 Å². The first kappa shape index (κ1) is 19.6. The van der Waals surface area contributed by atoms with Gasteiger partial charge >= 0.3 is 5.97 Å². The van der Waals surface area contributed by atoms with E-state index in [0.717, 1.165) is 6.26 Å². The van der Waals surface area contributed by atoms with E-state index in [1.807, 2.05) is 6.07 Å². The molecule has 0 bridgehead atoms. The number of aliphatic hydroxyl groups is 1. The van der Waals surface area contributed by atoms with E-state index in [0.29, 0.717) is 17.1 Å². The number of imidazole rings is 1. The Bertz CT molecular complexity index is 1080. The first-order valence-electron chi connectivity index (χ1n) is 8.29. The van der Waals surface area contributed by atoms with Gasteiger partial charge in [0.05, 0.1) is 17.7 Å². The Hall–Kier alpha value is -3.17. The molecule has 8 nitrogen and oxygen atoms in total. The van der Waals surface area contributed by atoms with Crippen molar-refractivity contribution in [3.63, 3.8) is 0 Å². The number of H-pyrrole nitrogens is 1. The van der Waals surface area contributed by atoms with Crippen molar-refractivity contribution in [2.75, 3.05) is 19.5 Å². The Kier molecular flexibility index (Phi) is 5.76. The molecule has 0 spiro atoms. The molecule has 146 valence electrons. The summed E-state index contributed by atoms with van der Waals surface area (Å²) in [5.41, 5.74) is 0.693. The van der Waals surface area contributed by atoms with E-state index >= 15 is 0 Å². The van der Waals surface area contributed by atoms with Crippen LogP contribution in [0.3, 0.4) is 0 Å². The highest BCUT2D eigenvalue weighted by atomic mass is 32.2. The molecule has 1 heterocycles. The maximum absolute atomic E-state index is 12.3. The van der Waals surface area contributed by atoms with Crippen LogP contribution in [-0.2, 0) is 14.6 Å². The molecular weight excluding hydrogens is 384 g/mol. The van der Waals surface area contributed by atoms with E-state index < -0.39 is 15.8 Å². The number of rotatable bonds is 7. The van der Waals surface area contributed by atoms with Crippen LogP contribution in [0.4, 0.5) is 0 Å². The number of aliphatic hydroxyl groups excluding tert-OH is 1. The highest BCUT2D eigenvalue weighted by Gasteiger charge is 2.20. The molecule has 0 atom stereocenters. The van der Waals surface area contributed by atoms with Gasteiger partial charge in [-0.25, -0.2) is 18.2 Å². The van der Waals surface area contributed by atoms with Gasteiger partial charge in [0, 0.05) is 18.6 Å². The third-order valence-electron chi connectivity index (χ3n) is 3.76. The lowest BCUT2D eigenvalue weighted by atomic mass is 10.2. The number of aromatic nitrogens is 2. The summed E-state index contributed by atoms with van der Waals surface area (Å²) in [4.78, 5) is 19.0. The van der Waals surface area contributed by atoms with Crippen LogP contribution in [0.1, 0.15) is 10.4 Å². The Morgan fingerprint density at radius 2 is 1.96 bits per heavy atom. The number of aromatic amines is 1. The van der Waals surface area contributed by atoms with Gasteiger partial charge in [0.2, 0.25) is 0 Å². The Morgan fingerprint density at radius 3 is 2.64 bits per heavy atom. The van der Waals surface area contributed by atoms with E-state index in [4.69, 9.17) is 14.6 Å². The zero-order valence-corrected chi connectivity index (χ0v) is 15.8. The fourth-order valence-corrected chi connectivity index (χ4v) is 3.33. The summed E-state index contributed by atoms with van der Waals surface area (Å²) in [5, 5.41) is 8.76. The third kappa shape index (κ3) is 4.38. The maximum Gasteiger partial charge on any atom is 0.338 e. The molecule has 0 fully saturated rings. The van der Waals surface area contributed by atoms with Crippen LogP contribution in [-0.4, -0.2) is 48.9 Å². The number of nitrogens with one attached hydrogen (secondary N) is 1. The number of ether oxygens (including phenoxy) is 2. The summed E-state index contributed by atoms with van der Waals surface area (Å²) < 4.78 is 35.2. The second-order valence-electron chi connectivity index (χ2n) is 5.83. The molecule has 3 aromatic rings. The zero-order valence-electron chi connectivity index (χ0n) is 15.0. The SMILES string of the molecule is CS(=O)(=O)c1cc(C(=O)OCCO)ccc1Oc1ccccc1-c1ncc[nH]1. The summed E-state index contributed by atoms with van der Waals surface area (Å²) in [6, 6.07) is 11.0. The lowest BCUT2D eigenvalue weighted by molar-refractivity contribution is 0.0433. The standard InChI is InChI=1S/C19H18N2O6S/c1-28(24,25)17-12-13(19(23)26-11-10-22)6-7-16(17)27-15-5-3-2-4-14(15)18-20-8-9-21-18/h2-9,12,22H,10-11H2,1H3,(H,20,21). The van der Waals surface area contributed by atoms with E-state index in [1.165, 1.54) is 18.2 Å². The van der Waals surface area contributed by atoms with Crippen LogP contribution < -0.4 is 4.74 Å². The van der Waals surface area contributed by atoms with Gasteiger partial charge < -0.3 is 19.6 Å². The number of hydrogen-bond acceptors (Lipinski definition) is 7. The first-order valence-corrected chi connectivity index (χ1v) is 10.2. The number of carbonyl (C=O) groups is 1. The average molecular weight is 402 g/mol. The van der Waals surface area contributed by atoms with Gasteiger partial charge in [-0.3, -0.25) is 0 Å². The highest BCUT2D eigenvalue weighted by molar-refractivity contribution is 7.90. The number of nitrogens with zero attached hydrogens (tertiary/aromatic N) is 1. The number of sulfone groups is 1. The van der Waals surface area contributed by atoms with Crippen molar-refractivity contribution < 1.29 is 27.8 Å². The quantitative estimate of drug-likeness (QED) is 0.583. The summed E-state index contributed by atoms with van der Waals surface area (Å²) in [7, 11) is -3.70. The predicted molar refractivity (Wildman–Crippen MR) is 101 cm³/mol. The Morgan fingerprint density at radius 1 is 1.18 bits per heavy atom. The molecule has 28 heavy (non-hydrogen) atoms. The summed E-state index contributed by atoms with van der Waals surface area (Å²) in [6.07, 6.45) is 4.29. The molecule has 0 aliphatic heterocycles. The Balaban J connectivity index is 2.00. The predicted octanol–water partition coefficient (Wildman–Crippen LogP) is 2.42. The summed E-state index contributed by atoms with van der Waals surface area (Å²) in [5.74, 6) is 0.306. The van der Waals surface area contributed by atoms with E-state index in [2.05, 4.69) is 9.97 Å². The smallest absolute Gasteiger partial charge is 0.338 e.